The lowest BCUT2D eigenvalue weighted by Crippen LogP contribution is -2.37. The molecule has 3 aliphatic rings. The Bertz CT molecular complexity index is 1880. The second-order valence-corrected chi connectivity index (χ2v) is 13.1. The van der Waals surface area contributed by atoms with Gasteiger partial charge < -0.3 is 14.4 Å². The van der Waals surface area contributed by atoms with Crippen LogP contribution in [-0.4, -0.2) is 32.6 Å². The van der Waals surface area contributed by atoms with Crippen LogP contribution in [0.25, 0.3) is 28.0 Å². The number of thioether (sulfide) groups is 1. The van der Waals surface area contributed by atoms with Crippen LogP contribution in [-0.2, 0) is 15.8 Å². The van der Waals surface area contributed by atoms with Gasteiger partial charge in [0.15, 0.2) is 5.60 Å². The Labute approximate surface area is 258 Å². The molecule has 3 nitrogen and oxygen atoms in total. The van der Waals surface area contributed by atoms with Gasteiger partial charge in [-0.25, -0.2) is 0 Å². The van der Waals surface area contributed by atoms with Crippen molar-refractivity contribution in [3.05, 3.63) is 131 Å². The maximum Gasteiger partial charge on any atom is 0.178 e. The minimum Gasteiger partial charge on any atom is -0.472 e. The van der Waals surface area contributed by atoms with E-state index in [0.717, 1.165) is 48.6 Å². The summed E-state index contributed by atoms with van der Waals surface area (Å²) in [4.78, 5) is 3.64. The van der Waals surface area contributed by atoms with Crippen LogP contribution in [0, 0.1) is 0 Å². The number of benzene rings is 5. The van der Waals surface area contributed by atoms with Crippen LogP contribution in [0.4, 0.5) is 5.69 Å². The van der Waals surface area contributed by atoms with E-state index in [-0.39, 0.29) is 5.41 Å². The first-order valence-corrected chi connectivity index (χ1v) is 16.4. The SMILES string of the molecule is CSc1ccc(C2(c3ccc(N4CCOCC4)cc3)C=Cc3c4c(c5ccccc5c3O2)-c2ccccc2C4(C)C)cc1. The smallest absolute Gasteiger partial charge is 0.178 e. The zero-order chi connectivity index (χ0) is 29.2. The van der Waals surface area contributed by atoms with Crippen molar-refractivity contribution in [3.63, 3.8) is 0 Å². The minimum atomic E-state index is -0.764. The van der Waals surface area contributed by atoms with Gasteiger partial charge in [-0.3, -0.25) is 0 Å². The first kappa shape index (κ1) is 26.6. The van der Waals surface area contributed by atoms with Crippen molar-refractivity contribution in [1.29, 1.82) is 0 Å². The van der Waals surface area contributed by atoms with Crippen LogP contribution in [0.15, 0.2) is 108 Å². The molecule has 0 saturated carbocycles. The molecule has 8 rings (SSSR count). The Morgan fingerprint density at radius 1 is 0.744 bits per heavy atom. The van der Waals surface area contributed by atoms with Gasteiger partial charge in [-0.1, -0.05) is 92.7 Å². The number of nitrogens with zero attached hydrogens (tertiary/aromatic N) is 1. The van der Waals surface area contributed by atoms with E-state index in [1.807, 2.05) is 0 Å². The predicted molar refractivity (Wildman–Crippen MR) is 180 cm³/mol. The number of rotatable bonds is 4. The van der Waals surface area contributed by atoms with E-state index < -0.39 is 5.60 Å². The van der Waals surface area contributed by atoms with E-state index in [9.17, 15) is 0 Å². The average Bonchev–Trinajstić information content (AvgIpc) is 3.32. The van der Waals surface area contributed by atoms with Gasteiger partial charge in [0.1, 0.15) is 5.75 Å². The molecule has 0 radical (unpaired) electrons. The Balaban J connectivity index is 1.34. The fourth-order valence-electron chi connectivity index (χ4n) is 7.46. The summed E-state index contributed by atoms with van der Waals surface area (Å²) in [6.07, 6.45) is 6.76. The molecule has 1 aliphatic carbocycles. The first-order valence-electron chi connectivity index (χ1n) is 15.2. The quantitative estimate of drug-likeness (QED) is 0.197. The molecule has 0 amide bonds. The average molecular weight is 582 g/mol. The largest absolute Gasteiger partial charge is 0.472 e. The summed E-state index contributed by atoms with van der Waals surface area (Å²) in [5, 5.41) is 2.40. The summed E-state index contributed by atoms with van der Waals surface area (Å²) < 4.78 is 13.0. The van der Waals surface area contributed by atoms with Gasteiger partial charge in [-0.15, -0.1) is 11.8 Å². The Hall–Kier alpha value is -3.99. The van der Waals surface area contributed by atoms with Gasteiger partial charge >= 0.3 is 0 Å². The topological polar surface area (TPSA) is 21.7 Å². The van der Waals surface area contributed by atoms with Crippen molar-refractivity contribution in [1.82, 2.24) is 0 Å². The van der Waals surface area contributed by atoms with Crippen LogP contribution >= 0.6 is 11.8 Å². The number of hydrogen-bond donors (Lipinski definition) is 0. The van der Waals surface area contributed by atoms with Crippen LogP contribution in [0.2, 0.25) is 0 Å². The molecular formula is C39H35NO2S. The van der Waals surface area contributed by atoms with Crippen molar-refractivity contribution in [2.75, 3.05) is 37.5 Å². The molecule has 4 heteroatoms. The molecule has 2 aliphatic heterocycles. The van der Waals surface area contributed by atoms with Crippen molar-refractivity contribution in [3.8, 4) is 16.9 Å². The van der Waals surface area contributed by atoms with E-state index in [4.69, 9.17) is 9.47 Å². The standard InChI is InChI=1S/C39H35NO2S/c1-38(2)34-11-7-6-10-32(34)35-30-8-4-5-9-31(30)37-33(36(35)38)20-21-39(42-37,27-14-18-29(43-3)19-15-27)26-12-16-28(17-13-26)40-22-24-41-25-23-40/h4-21H,22-25H2,1-3H3. The molecule has 2 heterocycles. The second-order valence-electron chi connectivity index (χ2n) is 12.3. The van der Waals surface area contributed by atoms with Gasteiger partial charge in [0, 0.05) is 51.2 Å². The molecule has 1 atom stereocenters. The van der Waals surface area contributed by atoms with Crippen molar-refractivity contribution in [2.45, 2.75) is 29.8 Å². The molecule has 1 fully saturated rings. The molecule has 5 aromatic rings. The highest BCUT2D eigenvalue weighted by Gasteiger charge is 2.44. The predicted octanol–water partition coefficient (Wildman–Crippen LogP) is 9.05. The van der Waals surface area contributed by atoms with Crippen LogP contribution in [0.1, 0.15) is 41.7 Å². The van der Waals surface area contributed by atoms with E-state index >= 15 is 0 Å². The van der Waals surface area contributed by atoms with Crippen LogP contribution in [0.3, 0.4) is 0 Å². The molecule has 1 unspecified atom stereocenters. The lowest BCUT2D eigenvalue weighted by molar-refractivity contribution is 0.122. The zero-order valence-corrected chi connectivity index (χ0v) is 25.7. The highest BCUT2D eigenvalue weighted by Crippen LogP contribution is 2.58. The van der Waals surface area contributed by atoms with Crippen molar-refractivity contribution < 1.29 is 9.47 Å². The monoisotopic (exact) mass is 581 g/mol. The minimum absolute atomic E-state index is 0.145. The van der Waals surface area contributed by atoms with E-state index in [1.165, 1.54) is 43.8 Å². The molecule has 0 N–H and O–H groups in total. The fraction of sp³-hybridized carbons (Fsp3) is 0.231. The summed E-state index contributed by atoms with van der Waals surface area (Å²) in [6.45, 7) is 8.09. The third-order valence-electron chi connectivity index (χ3n) is 9.64. The number of anilines is 1. The Morgan fingerprint density at radius 2 is 1.40 bits per heavy atom. The van der Waals surface area contributed by atoms with E-state index in [0.29, 0.717) is 0 Å². The zero-order valence-electron chi connectivity index (χ0n) is 24.9. The van der Waals surface area contributed by atoms with Gasteiger partial charge in [-0.2, -0.15) is 0 Å². The summed E-state index contributed by atoms with van der Waals surface area (Å²) in [5.41, 5.74) is 9.15. The Morgan fingerprint density at radius 3 is 2.12 bits per heavy atom. The van der Waals surface area contributed by atoms with E-state index in [1.54, 1.807) is 11.8 Å². The molecule has 0 aromatic heterocycles. The number of morpholine rings is 1. The summed E-state index contributed by atoms with van der Waals surface area (Å²) in [5.74, 6) is 0.962. The highest BCUT2D eigenvalue weighted by atomic mass is 32.2. The van der Waals surface area contributed by atoms with Gasteiger partial charge in [-0.05, 0) is 64.2 Å². The maximum atomic E-state index is 7.45. The molecule has 0 bridgehead atoms. The van der Waals surface area contributed by atoms with Crippen LogP contribution < -0.4 is 9.64 Å². The molecular weight excluding hydrogens is 547 g/mol. The number of hydrogen-bond acceptors (Lipinski definition) is 4. The van der Waals surface area contributed by atoms with Crippen LogP contribution in [0.5, 0.6) is 5.75 Å². The number of ether oxygens (including phenoxy) is 2. The van der Waals surface area contributed by atoms with E-state index in [2.05, 4.69) is 134 Å². The molecule has 5 aromatic carbocycles. The van der Waals surface area contributed by atoms with Crippen molar-refractivity contribution >= 4 is 34.3 Å². The first-order chi connectivity index (χ1) is 21.0. The Kier molecular flexibility index (Phi) is 6.22. The molecule has 0 spiro atoms. The molecule has 214 valence electrons. The fourth-order valence-corrected chi connectivity index (χ4v) is 7.87. The van der Waals surface area contributed by atoms with Gasteiger partial charge in [0.25, 0.3) is 0 Å². The maximum absolute atomic E-state index is 7.45. The summed E-state index contributed by atoms with van der Waals surface area (Å²) in [7, 11) is 0. The van der Waals surface area contributed by atoms with Crippen molar-refractivity contribution in [2.24, 2.45) is 0 Å². The summed E-state index contributed by atoms with van der Waals surface area (Å²) in [6, 6.07) is 35.5. The second kappa shape index (κ2) is 10.0. The van der Waals surface area contributed by atoms with Gasteiger partial charge in [0.05, 0.1) is 13.2 Å². The third kappa shape index (κ3) is 4.00. The number of fused-ring (bicyclic) bond motifs is 8. The van der Waals surface area contributed by atoms with Gasteiger partial charge in [0.2, 0.25) is 0 Å². The highest BCUT2D eigenvalue weighted by molar-refractivity contribution is 7.98. The lowest BCUT2D eigenvalue weighted by atomic mass is 9.77. The molecule has 1 saturated heterocycles. The molecule has 43 heavy (non-hydrogen) atoms. The normalized spacial score (nSPS) is 19.9. The third-order valence-corrected chi connectivity index (χ3v) is 10.4. The lowest BCUT2D eigenvalue weighted by Gasteiger charge is -2.39. The summed E-state index contributed by atoms with van der Waals surface area (Å²) >= 11 is 1.76.